The minimum absolute atomic E-state index is 0.770. The molecule has 1 N–H and O–H groups in total. The van der Waals surface area contributed by atoms with Gasteiger partial charge in [-0.05, 0) is 13.3 Å². The number of nitrogens with one attached hydrogen (secondary N) is 1. The van der Waals surface area contributed by atoms with E-state index in [9.17, 15) is 0 Å². The van der Waals surface area contributed by atoms with Crippen molar-refractivity contribution >= 4 is 34.0 Å². The van der Waals surface area contributed by atoms with Crippen molar-refractivity contribution in [2.24, 2.45) is 4.99 Å². The van der Waals surface area contributed by atoms with Gasteiger partial charge >= 0.3 is 0 Å². The Morgan fingerprint density at radius 1 is 1.15 bits per heavy atom. The Hall–Kier alpha value is -1.74. The summed E-state index contributed by atoms with van der Waals surface area (Å²) in [6.07, 6.45) is 2.80. The van der Waals surface area contributed by atoms with Crippen molar-refractivity contribution in [2.75, 3.05) is 44.2 Å². The van der Waals surface area contributed by atoms with E-state index in [2.05, 4.69) is 55.6 Å². The summed E-state index contributed by atoms with van der Waals surface area (Å²) in [7, 11) is 0. The fourth-order valence-corrected chi connectivity index (χ4v) is 4.54. The molecule has 27 heavy (non-hydrogen) atoms. The van der Waals surface area contributed by atoms with Gasteiger partial charge in [0, 0.05) is 69.0 Å². The SMILES string of the molecule is CCNC(=NCCc1csc(CC)n1)N1CCN(c2nc(CC)ns2)CC1. The van der Waals surface area contributed by atoms with Crippen LogP contribution in [0.2, 0.25) is 0 Å². The fourth-order valence-electron chi connectivity index (χ4n) is 2.95. The Kier molecular flexibility index (Phi) is 7.40. The lowest BCUT2D eigenvalue weighted by molar-refractivity contribution is 0.372. The lowest BCUT2D eigenvalue weighted by atomic mass is 10.3. The molecule has 2 aromatic heterocycles. The van der Waals surface area contributed by atoms with Crippen molar-refractivity contribution in [3.63, 3.8) is 0 Å². The van der Waals surface area contributed by atoms with Crippen LogP contribution in [0.15, 0.2) is 10.4 Å². The van der Waals surface area contributed by atoms with Gasteiger partial charge in [-0.3, -0.25) is 4.99 Å². The fraction of sp³-hybridized carbons (Fsp3) is 0.667. The van der Waals surface area contributed by atoms with Gasteiger partial charge < -0.3 is 15.1 Å². The number of nitrogens with zero attached hydrogens (tertiary/aromatic N) is 6. The number of anilines is 1. The van der Waals surface area contributed by atoms with Crippen molar-refractivity contribution < 1.29 is 0 Å². The lowest BCUT2D eigenvalue weighted by Crippen LogP contribution is -2.52. The summed E-state index contributed by atoms with van der Waals surface area (Å²) in [4.78, 5) is 18.8. The molecule has 0 unspecified atom stereocenters. The normalized spacial score (nSPS) is 15.4. The summed E-state index contributed by atoms with van der Waals surface area (Å²) in [6.45, 7) is 11.8. The number of hydrogen-bond acceptors (Lipinski definition) is 7. The van der Waals surface area contributed by atoms with Gasteiger partial charge in [0.1, 0.15) is 5.82 Å². The van der Waals surface area contributed by atoms with Crippen LogP contribution in [-0.4, -0.2) is 64.5 Å². The van der Waals surface area contributed by atoms with Crippen LogP contribution < -0.4 is 10.2 Å². The van der Waals surface area contributed by atoms with Gasteiger partial charge in [0.15, 0.2) is 5.96 Å². The van der Waals surface area contributed by atoms with E-state index in [0.29, 0.717) is 0 Å². The molecule has 0 aliphatic carbocycles. The summed E-state index contributed by atoms with van der Waals surface area (Å²) < 4.78 is 4.40. The molecule has 0 atom stereocenters. The van der Waals surface area contributed by atoms with E-state index >= 15 is 0 Å². The monoisotopic (exact) mass is 407 g/mol. The molecule has 1 fully saturated rings. The Bertz CT molecular complexity index is 732. The highest BCUT2D eigenvalue weighted by Crippen LogP contribution is 2.19. The number of aliphatic imine (C=N–C) groups is 1. The molecule has 0 bridgehead atoms. The van der Waals surface area contributed by atoms with Gasteiger partial charge in [0.25, 0.3) is 0 Å². The summed E-state index contributed by atoms with van der Waals surface area (Å²) >= 11 is 3.26. The maximum atomic E-state index is 4.83. The summed E-state index contributed by atoms with van der Waals surface area (Å²) in [6, 6.07) is 0. The first-order chi connectivity index (χ1) is 13.2. The molecule has 0 radical (unpaired) electrons. The molecule has 0 amide bonds. The predicted molar refractivity (Wildman–Crippen MR) is 114 cm³/mol. The molecule has 148 valence electrons. The van der Waals surface area contributed by atoms with Crippen LogP contribution in [0.4, 0.5) is 5.13 Å². The smallest absolute Gasteiger partial charge is 0.205 e. The maximum Gasteiger partial charge on any atom is 0.205 e. The Morgan fingerprint density at radius 3 is 2.59 bits per heavy atom. The van der Waals surface area contributed by atoms with Gasteiger partial charge in [-0.1, -0.05) is 13.8 Å². The second kappa shape index (κ2) is 9.98. The molecule has 1 aliphatic rings. The van der Waals surface area contributed by atoms with Crippen LogP contribution in [-0.2, 0) is 19.3 Å². The topological polar surface area (TPSA) is 69.5 Å². The second-order valence-electron chi connectivity index (χ2n) is 6.39. The second-order valence-corrected chi connectivity index (χ2v) is 8.07. The van der Waals surface area contributed by atoms with Crippen LogP contribution in [0, 0.1) is 0 Å². The Morgan fingerprint density at radius 2 is 1.96 bits per heavy atom. The zero-order valence-corrected chi connectivity index (χ0v) is 18.1. The molecule has 7 nitrogen and oxygen atoms in total. The molecule has 0 aromatic carbocycles. The third kappa shape index (κ3) is 5.38. The largest absolute Gasteiger partial charge is 0.357 e. The number of aromatic nitrogens is 3. The lowest BCUT2D eigenvalue weighted by Gasteiger charge is -2.36. The van der Waals surface area contributed by atoms with Crippen molar-refractivity contribution in [1.29, 1.82) is 0 Å². The zero-order valence-electron chi connectivity index (χ0n) is 16.4. The average Bonchev–Trinajstić information content (AvgIpc) is 3.37. The first-order valence-electron chi connectivity index (χ1n) is 9.77. The van der Waals surface area contributed by atoms with Crippen LogP contribution in [0.1, 0.15) is 37.3 Å². The highest BCUT2D eigenvalue weighted by molar-refractivity contribution is 7.09. The predicted octanol–water partition coefficient (Wildman–Crippen LogP) is 2.45. The average molecular weight is 408 g/mol. The van der Waals surface area contributed by atoms with Crippen LogP contribution in [0.3, 0.4) is 0 Å². The van der Waals surface area contributed by atoms with Crippen molar-refractivity contribution in [3.8, 4) is 0 Å². The van der Waals surface area contributed by atoms with Crippen molar-refractivity contribution in [3.05, 3.63) is 21.9 Å². The number of hydrogen-bond donors (Lipinski definition) is 1. The number of piperazine rings is 1. The van der Waals surface area contributed by atoms with E-state index in [4.69, 9.17) is 4.99 Å². The third-order valence-electron chi connectivity index (χ3n) is 4.49. The minimum Gasteiger partial charge on any atom is -0.357 e. The molecule has 9 heteroatoms. The van der Waals surface area contributed by atoms with Crippen molar-refractivity contribution in [1.82, 2.24) is 24.6 Å². The van der Waals surface area contributed by atoms with Crippen LogP contribution >= 0.6 is 22.9 Å². The van der Waals surface area contributed by atoms with Gasteiger partial charge in [0.2, 0.25) is 5.13 Å². The molecule has 1 saturated heterocycles. The summed E-state index contributed by atoms with van der Waals surface area (Å²) in [5.41, 5.74) is 1.16. The van der Waals surface area contributed by atoms with E-state index in [1.807, 2.05) is 0 Å². The van der Waals surface area contributed by atoms with Gasteiger partial charge in [0.05, 0.1) is 10.7 Å². The van der Waals surface area contributed by atoms with E-state index in [1.165, 1.54) is 16.5 Å². The molecule has 0 saturated carbocycles. The van der Waals surface area contributed by atoms with Crippen molar-refractivity contribution in [2.45, 2.75) is 40.0 Å². The molecule has 1 aliphatic heterocycles. The number of guanidine groups is 1. The Labute approximate surface area is 169 Å². The van der Waals surface area contributed by atoms with Crippen LogP contribution in [0.5, 0.6) is 0 Å². The maximum absolute atomic E-state index is 4.83. The molecule has 3 heterocycles. The van der Waals surface area contributed by atoms with Gasteiger partial charge in [-0.2, -0.15) is 4.37 Å². The van der Waals surface area contributed by atoms with Gasteiger partial charge in [-0.25, -0.2) is 9.97 Å². The molecular formula is C18H29N7S2. The number of thiazole rings is 1. The standard InChI is InChI=1S/C18H29N7S2/c1-4-15-22-18(27-23-15)25-11-9-24(10-12-25)17(19-6-3)20-8-7-14-13-26-16(5-2)21-14/h13H,4-12H2,1-3H3,(H,19,20). The molecular weight excluding hydrogens is 378 g/mol. The van der Waals surface area contributed by atoms with E-state index in [1.54, 1.807) is 11.3 Å². The summed E-state index contributed by atoms with van der Waals surface area (Å²) in [5.74, 6) is 1.95. The minimum atomic E-state index is 0.770. The van der Waals surface area contributed by atoms with E-state index in [0.717, 1.165) is 81.1 Å². The zero-order chi connectivity index (χ0) is 19.1. The molecule has 0 spiro atoms. The molecule has 2 aromatic rings. The van der Waals surface area contributed by atoms with Gasteiger partial charge in [-0.15, -0.1) is 11.3 Å². The highest BCUT2D eigenvalue weighted by Gasteiger charge is 2.22. The summed E-state index contributed by atoms with van der Waals surface area (Å²) in [5, 5.41) is 7.85. The molecule has 3 rings (SSSR count). The number of aryl methyl sites for hydroxylation is 2. The van der Waals surface area contributed by atoms with E-state index < -0.39 is 0 Å². The van der Waals surface area contributed by atoms with Crippen LogP contribution in [0.25, 0.3) is 0 Å². The number of rotatable bonds is 7. The van der Waals surface area contributed by atoms with E-state index in [-0.39, 0.29) is 0 Å². The third-order valence-corrected chi connectivity index (χ3v) is 6.35. The first kappa shape index (κ1) is 20.0. The quantitative estimate of drug-likeness (QED) is 0.562. The first-order valence-corrected chi connectivity index (χ1v) is 11.4. The Balaban J connectivity index is 1.53. The highest BCUT2D eigenvalue weighted by atomic mass is 32.1.